The zero-order valence-corrected chi connectivity index (χ0v) is 12.1. The number of non-ortho nitro benzene ring substituents is 1. The quantitative estimate of drug-likeness (QED) is 0.530. The highest BCUT2D eigenvalue weighted by Crippen LogP contribution is 2.25. The van der Waals surface area contributed by atoms with Gasteiger partial charge in [-0.1, -0.05) is 18.2 Å². The molecule has 1 atom stereocenters. The zero-order valence-electron chi connectivity index (χ0n) is 12.1. The van der Waals surface area contributed by atoms with Crippen LogP contribution < -0.4 is 0 Å². The van der Waals surface area contributed by atoms with E-state index in [0.29, 0.717) is 5.56 Å². The Morgan fingerprint density at radius 2 is 2.00 bits per heavy atom. The maximum Gasteiger partial charge on any atom is 0.342 e. The Bertz CT molecular complexity index is 726. The van der Waals surface area contributed by atoms with Crippen LogP contribution in [0, 0.1) is 17.0 Å². The first-order valence-corrected chi connectivity index (χ1v) is 6.63. The number of carbonyl (C=O) groups is 1. The molecule has 6 heteroatoms. The van der Waals surface area contributed by atoms with Gasteiger partial charge in [0.05, 0.1) is 4.92 Å². The van der Waals surface area contributed by atoms with Crippen LogP contribution in [0.4, 0.5) is 5.69 Å². The van der Waals surface area contributed by atoms with Crippen molar-refractivity contribution in [2.75, 3.05) is 0 Å². The Labute approximate surface area is 127 Å². The highest BCUT2D eigenvalue weighted by atomic mass is 16.6. The number of phenols is 1. The van der Waals surface area contributed by atoms with Gasteiger partial charge < -0.3 is 9.84 Å². The zero-order chi connectivity index (χ0) is 16.3. The van der Waals surface area contributed by atoms with Gasteiger partial charge in [-0.25, -0.2) is 4.79 Å². The molecule has 0 unspecified atom stereocenters. The maximum absolute atomic E-state index is 12.1. The number of hydrogen-bond donors (Lipinski definition) is 1. The summed E-state index contributed by atoms with van der Waals surface area (Å²) in [4.78, 5) is 22.3. The number of carbonyl (C=O) groups excluding carboxylic acids is 1. The molecule has 0 fully saturated rings. The van der Waals surface area contributed by atoms with Crippen molar-refractivity contribution in [2.45, 2.75) is 20.0 Å². The first-order valence-electron chi connectivity index (χ1n) is 6.63. The lowest BCUT2D eigenvalue weighted by atomic mass is 10.1. The normalized spacial score (nSPS) is 11.7. The minimum Gasteiger partial charge on any atom is -0.507 e. The topological polar surface area (TPSA) is 89.7 Å². The number of phenolic OH excluding ortho intramolecular Hbond substituents is 1. The molecule has 22 heavy (non-hydrogen) atoms. The highest BCUT2D eigenvalue weighted by Gasteiger charge is 2.18. The number of nitro groups is 1. The smallest absolute Gasteiger partial charge is 0.342 e. The molecular weight excluding hydrogens is 286 g/mol. The van der Waals surface area contributed by atoms with Crippen LogP contribution in [0.2, 0.25) is 0 Å². The lowest BCUT2D eigenvalue weighted by Gasteiger charge is -2.14. The molecule has 0 aliphatic carbocycles. The average molecular weight is 301 g/mol. The molecular formula is C16H15NO5. The van der Waals surface area contributed by atoms with Gasteiger partial charge in [0.1, 0.15) is 17.4 Å². The molecule has 0 radical (unpaired) electrons. The van der Waals surface area contributed by atoms with Gasteiger partial charge in [-0.15, -0.1) is 0 Å². The van der Waals surface area contributed by atoms with E-state index in [4.69, 9.17) is 4.74 Å². The summed E-state index contributed by atoms with van der Waals surface area (Å²) >= 11 is 0. The van der Waals surface area contributed by atoms with Crippen molar-refractivity contribution in [1.82, 2.24) is 0 Å². The van der Waals surface area contributed by atoms with Crippen molar-refractivity contribution in [3.63, 3.8) is 0 Å². The number of esters is 1. The maximum atomic E-state index is 12.1. The first-order chi connectivity index (χ1) is 10.4. The fourth-order valence-electron chi connectivity index (χ4n) is 2.00. The van der Waals surface area contributed by atoms with E-state index >= 15 is 0 Å². The molecule has 114 valence electrons. The summed E-state index contributed by atoms with van der Waals surface area (Å²) < 4.78 is 5.26. The van der Waals surface area contributed by atoms with Gasteiger partial charge >= 0.3 is 5.97 Å². The van der Waals surface area contributed by atoms with E-state index in [0.717, 1.165) is 5.56 Å². The molecule has 2 aromatic carbocycles. The Morgan fingerprint density at radius 1 is 1.27 bits per heavy atom. The molecule has 0 bridgehead atoms. The van der Waals surface area contributed by atoms with Gasteiger partial charge in [0.2, 0.25) is 0 Å². The number of ether oxygens (including phenoxy) is 1. The van der Waals surface area contributed by atoms with E-state index in [1.807, 2.05) is 0 Å². The average Bonchev–Trinajstić information content (AvgIpc) is 2.47. The summed E-state index contributed by atoms with van der Waals surface area (Å²) in [6.45, 7) is 3.41. The molecule has 0 aliphatic rings. The predicted molar refractivity (Wildman–Crippen MR) is 79.8 cm³/mol. The summed E-state index contributed by atoms with van der Waals surface area (Å²) in [5.74, 6) is -0.840. The second kappa shape index (κ2) is 6.26. The van der Waals surface area contributed by atoms with Gasteiger partial charge in [0.25, 0.3) is 5.69 Å². The van der Waals surface area contributed by atoms with Crippen molar-refractivity contribution >= 4 is 11.7 Å². The molecule has 1 N–H and O–H groups in total. The largest absolute Gasteiger partial charge is 0.507 e. The molecule has 2 rings (SSSR count). The second-order valence-corrected chi connectivity index (χ2v) is 4.92. The Balaban J connectivity index is 2.17. The van der Waals surface area contributed by atoms with Gasteiger partial charge in [0, 0.05) is 12.1 Å². The lowest BCUT2D eigenvalue weighted by Crippen LogP contribution is -2.09. The number of aryl methyl sites for hydroxylation is 1. The van der Waals surface area contributed by atoms with Crippen molar-refractivity contribution in [2.24, 2.45) is 0 Å². The summed E-state index contributed by atoms with van der Waals surface area (Å²) in [6, 6.07) is 10.5. The fourth-order valence-corrected chi connectivity index (χ4v) is 2.00. The molecule has 2 aromatic rings. The molecule has 6 nitrogen and oxygen atoms in total. The third-order valence-electron chi connectivity index (χ3n) is 3.21. The third-order valence-corrected chi connectivity index (χ3v) is 3.21. The number of hydrogen-bond acceptors (Lipinski definition) is 5. The highest BCUT2D eigenvalue weighted by molar-refractivity contribution is 5.92. The number of benzene rings is 2. The van der Waals surface area contributed by atoms with E-state index in [2.05, 4.69) is 0 Å². The third kappa shape index (κ3) is 3.41. The summed E-state index contributed by atoms with van der Waals surface area (Å²) in [5, 5.41) is 20.5. The Morgan fingerprint density at radius 3 is 2.64 bits per heavy atom. The van der Waals surface area contributed by atoms with Crippen LogP contribution in [0.15, 0.2) is 42.5 Å². The van der Waals surface area contributed by atoms with Crippen LogP contribution in [-0.2, 0) is 4.74 Å². The fraction of sp³-hybridized carbons (Fsp3) is 0.188. The van der Waals surface area contributed by atoms with Gasteiger partial charge in [-0.3, -0.25) is 10.1 Å². The summed E-state index contributed by atoms with van der Waals surface area (Å²) in [7, 11) is 0. The van der Waals surface area contributed by atoms with E-state index in [-0.39, 0.29) is 17.0 Å². The van der Waals surface area contributed by atoms with E-state index in [9.17, 15) is 20.0 Å². The van der Waals surface area contributed by atoms with Crippen LogP contribution in [0.3, 0.4) is 0 Å². The molecule has 0 aromatic heterocycles. The summed E-state index contributed by atoms with van der Waals surface area (Å²) in [5.41, 5.74) is 1.32. The van der Waals surface area contributed by atoms with Crippen LogP contribution in [0.5, 0.6) is 5.75 Å². The molecule has 0 spiro atoms. The molecule has 0 amide bonds. The second-order valence-electron chi connectivity index (χ2n) is 4.92. The Hall–Kier alpha value is -2.89. The van der Waals surface area contributed by atoms with Crippen LogP contribution in [0.1, 0.15) is 34.5 Å². The van der Waals surface area contributed by atoms with Gasteiger partial charge in [-0.2, -0.15) is 0 Å². The van der Waals surface area contributed by atoms with Crippen LogP contribution in [0.25, 0.3) is 0 Å². The standard InChI is InChI=1S/C16H15NO5/c1-10-6-7-14(15(18)8-10)16(19)22-11(2)12-4-3-5-13(9-12)17(20)21/h3-9,11,18H,1-2H3/t11-/m0/s1. The van der Waals surface area contributed by atoms with E-state index < -0.39 is 17.0 Å². The molecule has 0 heterocycles. The molecule has 0 aliphatic heterocycles. The van der Waals surface area contributed by atoms with E-state index in [1.165, 1.54) is 30.3 Å². The lowest BCUT2D eigenvalue weighted by molar-refractivity contribution is -0.385. The SMILES string of the molecule is Cc1ccc(C(=O)O[C@@H](C)c2cccc([N+](=O)[O-])c2)c(O)c1. The van der Waals surface area contributed by atoms with Crippen molar-refractivity contribution in [3.05, 3.63) is 69.3 Å². The summed E-state index contributed by atoms with van der Waals surface area (Å²) in [6.07, 6.45) is -0.673. The number of aromatic hydroxyl groups is 1. The van der Waals surface area contributed by atoms with E-state index in [1.54, 1.807) is 26.0 Å². The molecule has 0 saturated heterocycles. The van der Waals surface area contributed by atoms with Crippen molar-refractivity contribution in [3.8, 4) is 5.75 Å². The number of nitro benzene ring substituents is 1. The monoisotopic (exact) mass is 301 g/mol. The predicted octanol–water partition coefficient (Wildman–Crippen LogP) is 3.53. The van der Waals surface area contributed by atoms with Crippen LogP contribution in [-0.4, -0.2) is 16.0 Å². The minimum absolute atomic E-state index is 0.0582. The number of nitrogens with zero attached hydrogens (tertiary/aromatic N) is 1. The minimum atomic E-state index is -0.684. The first kappa shape index (κ1) is 15.5. The van der Waals surface area contributed by atoms with Crippen molar-refractivity contribution in [1.29, 1.82) is 0 Å². The number of rotatable bonds is 4. The molecule has 0 saturated carbocycles. The van der Waals surface area contributed by atoms with Crippen molar-refractivity contribution < 1.29 is 19.6 Å². The van der Waals surface area contributed by atoms with Gasteiger partial charge in [-0.05, 0) is 37.1 Å². The van der Waals surface area contributed by atoms with Gasteiger partial charge in [0.15, 0.2) is 0 Å². The van der Waals surface area contributed by atoms with Crippen LogP contribution >= 0.6 is 0 Å². The Kier molecular flexibility index (Phi) is 4.41.